The average Bonchev–Trinajstić information content (AvgIpc) is 2.05. The number of hydrogen-bond acceptors (Lipinski definition) is 2. The van der Waals surface area contributed by atoms with Gasteiger partial charge in [-0.1, -0.05) is 0 Å². The molecule has 60 valence electrons. The first-order valence-electron chi connectivity index (χ1n) is 3.03. The maximum Gasteiger partial charge on any atom is 0.151 e. The van der Waals surface area contributed by atoms with Crippen LogP contribution in [-0.4, -0.2) is 6.29 Å². The van der Waals surface area contributed by atoms with Crippen LogP contribution in [0.4, 0.5) is 4.39 Å². The van der Waals surface area contributed by atoms with Crippen molar-refractivity contribution in [2.75, 3.05) is 0 Å². The zero-order valence-corrected chi connectivity index (χ0v) is 7.43. The average molecular weight is 228 g/mol. The molecule has 0 amide bonds. The van der Waals surface area contributed by atoms with Crippen LogP contribution in [0.2, 0.25) is 0 Å². The standard InChI is InChI=1S/C8H3BrFNO/c9-7-2-8(10)5(3-11)1-6(7)4-12/h1-2,4H. The van der Waals surface area contributed by atoms with Crippen molar-refractivity contribution in [1.29, 1.82) is 5.26 Å². The van der Waals surface area contributed by atoms with Gasteiger partial charge in [-0.2, -0.15) is 5.26 Å². The number of carbonyl (C=O) groups is 1. The van der Waals surface area contributed by atoms with Crippen LogP contribution in [0.15, 0.2) is 16.6 Å². The molecule has 1 aromatic carbocycles. The molecule has 0 aliphatic rings. The fourth-order valence-electron chi connectivity index (χ4n) is 0.742. The highest BCUT2D eigenvalue weighted by Crippen LogP contribution is 2.19. The maximum atomic E-state index is 12.8. The molecule has 4 heteroatoms. The summed E-state index contributed by atoms with van der Waals surface area (Å²) in [5.74, 6) is -0.630. The molecule has 0 N–H and O–H groups in total. The van der Waals surface area contributed by atoms with E-state index in [4.69, 9.17) is 5.26 Å². The van der Waals surface area contributed by atoms with Crippen molar-refractivity contribution in [3.63, 3.8) is 0 Å². The summed E-state index contributed by atoms with van der Waals surface area (Å²) in [6, 6.07) is 3.94. The summed E-state index contributed by atoms with van der Waals surface area (Å²) in [5.41, 5.74) is 0.147. The van der Waals surface area contributed by atoms with Gasteiger partial charge in [-0.3, -0.25) is 4.79 Å². The highest BCUT2D eigenvalue weighted by atomic mass is 79.9. The Hall–Kier alpha value is -1.21. The first-order chi connectivity index (χ1) is 5.69. The fraction of sp³-hybridized carbons (Fsp3) is 0. The van der Waals surface area contributed by atoms with E-state index < -0.39 is 5.82 Å². The largest absolute Gasteiger partial charge is 0.298 e. The normalized spacial score (nSPS) is 9.08. The zero-order valence-electron chi connectivity index (χ0n) is 5.84. The van der Waals surface area contributed by atoms with Crippen molar-refractivity contribution in [3.05, 3.63) is 33.5 Å². The van der Waals surface area contributed by atoms with E-state index in [0.29, 0.717) is 10.8 Å². The SMILES string of the molecule is N#Cc1cc(C=O)c(Br)cc1F. The number of carbonyl (C=O) groups excluding carboxylic acids is 1. The monoisotopic (exact) mass is 227 g/mol. The summed E-state index contributed by atoms with van der Waals surface area (Å²) >= 11 is 2.99. The van der Waals surface area contributed by atoms with Gasteiger partial charge in [0.15, 0.2) is 6.29 Å². The molecular formula is C8H3BrFNO. The number of nitriles is 1. The van der Waals surface area contributed by atoms with E-state index in [2.05, 4.69) is 15.9 Å². The first-order valence-corrected chi connectivity index (χ1v) is 3.82. The number of benzene rings is 1. The van der Waals surface area contributed by atoms with E-state index in [9.17, 15) is 9.18 Å². The fourth-order valence-corrected chi connectivity index (χ4v) is 1.15. The van der Waals surface area contributed by atoms with Gasteiger partial charge >= 0.3 is 0 Å². The predicted octanol–water partition coefficient (Wildman–Crippen LogP) is 2.27. The Morgan fingerprint density at radius 3 is 2.75 bits per heavy atom. The van der Waals surface area contributed by atoms with Crippen LogP contribution >= 0.6 is 15.9 Å². The molecule has 0 aliphatic carbocycles. The van der Waals surface area contributed by atoms with Crippen LogP contribution in [0.25, 0.3) is 0 Å². The topological polar surface area (TPSA) is 40.9 Å². The maximum absolute atomic E-state index is 12.8. The van der Waals surface area contributed by atoms with E-state index in [1.807, 2.05) is 0 Å². The van der Waals surface area contributed by atoms with Gasteiger partial charge in [0.2, 0.25) is 0 Å². The van der Waals surface area contributed by atoms with Crippen molar-refractivity contribution in [1.82, 2.24) is 0 Å². The molecule has 0 saturated carbocycles. The van der Waals surface area contributed by atoms with E-state index in [1.54, 1.807) is 6.07 Å². The zero-order chi connectivity index (χ0) is 9.14. The smallest absolute Gasteiger partial charge is 0.151 e. The molecule has 0 aromatic heterocycles. The van der Waals surface area contributed by atoms with Crippen LogP contribution in [0.5, 0.6) is 0 Å². The molecule has 0 aliphatic heterocycles. The third kappa shape index (κ3) is 1.51. The van der Waals surface area contributed by atoms with E-state index in [1.165, 1.54) is 6.07 Å². The van der Waals surface area contributed by atoms with Crippen LogP contribution < -0.4 is 0 Å². The van der Waals surface area contributed by atoms with E-state index in [-0.39, 0.29) is 11.1 Å². The van der Waals surface area contributed by atoms with Crippen LogP contribution in [-0.2, 0) is 0 Å². The Labute approximate surface area is 76.7 Å². The van der Waals surface area contributed by atoms with Crippen LogP contribution in [0.3, 0.4) is 0 Å². The van der Waals surface area contributed by atoms with Crippen molar-refractivity contribution >= 4 is 22.2 Å². The summed E-state index contributed by atoms with van der Waals surface area (Å²) in [7, 11) is 0. The summed E-state index contributed by atoms with van der Waals surface area (Å²) in [6.07, 6.45) is 0.560. The lowest BCUT2D eigenvalue weighted by molar-refractivity contribution is 0.112. The summed E-state index contributed by atoms with van der Waals surface area (Å²) in [6.45, 7) is 0. The lowest BCUT2D eigenvalue weighted by atomic mass is 10.1. The molecule has 1 rings (SSSR count). The van der Waals surface area contributed by atoms with E-state index >= 15 is 0 Å². The highest BCUT2D eigenvalue weighted by Gasteiger charge is 2.06. The third-order valence-electron chi connectivity index (χ3n) is 1.33. The van der Waals surface area contributed by atoms with Crippen molar-refractivity contribution < 1.29 is 9.18 Å². The van der Waals surface area contributed by atoms with Gasteiger partial charge in [0.1, 0.15) is 11.9 Å². The van der Waals surface area contributed by atoms with Gasteiger partial charge < -0.3 is 0 Å². The number of halogens is 2. The number of hydrogen-bond donors (Lipinski definition) is 0. The van der Waals surface area contributed by atoms with Gasteiger partial charge in [0.05, 0.1) is 5.56 Å². The third-order valence-corrected chi connectivity index (χ3v) is 2.02. The van der Waals surface area contributed by atoms with Gasteiger partial charge in [-0.05, 0) is 28.1 Å². The molecular weight excluding hydrogens is 225 g/mol. The van der Waals surface area contributed by atoms with Gasteiger partial charge in [0.25, 0.3) is 0 Å². The Morgan fingerprint density at radius 2 is 2.25 bits per heavy atom. The summed E-state index contributed by atoms with van der Waals surface area (Å²) < 4.78 is 13.2. The molecule has 0 spiro atoms. The molecule has 0 radical (unpaired) electrons. The minimum atomic E-state index is -0.630. The second-order valence-electron chi connectivity index (χ2n) is 2.08. The quantitative estimate of drug-likeness (QED) is 0.691. The molecule has 0 saturated heterocycles. The van der Waals surface area contributed by atoms with Crippen LogP contribution in [0.1, 0.15) is 15.9 Å². The second-order valence-corrected chi connectivity index (χ2v) is 2.94. The minimum Gasteiger partial charge on any atom is -0.298 e. The lowest BCUT2D eigenvalue weighted by Gasteiger charge is -1.97. The van der Waals surface area contributed by atoms with Gasteiger partial charge in [-0.25, -0.2) is 4.39 Å². The van der Waals surface area contributed by atoms with E-state index in [0.717, 1.165) is 6.07 Å². The van der Waals surface area contributed by atoms with Crippen LogP contribution in [0, 0.1) is 17.1 Å². The van der Waals surface area contributed by atoms with Gasteiger partial charge in [-0.15, -0.1) is 0 Å². The predicted molar refractivity (Wildman–Crippen MR) is 44.2 cm³/mol. The Balaban J connectivity index is 3.39. The molecule has 0 fully saturated rings. The second kappa shape index (κ2) is 3.46. The highest BCUT2D eigenvalue weighted by molar-refractivity contribution is 9.10. The summed E-state index contributed by atoms with van der Waals surface area (Å²) in [4.78, 5) is 10.3. The Morgan fingerprint density at radius 1 is 1.58 bits per heavy atom. The van der Waals surface area contributed by atoms with Crippen molar-refractivity contribution in [2.45, 2.75) is 0 Å². The molecule has 2 nitrogen and oxygen atoms in total. The molecule has 0 bridgehead atoms. The number of aldehydes is 1. The molecule has 0 atom stereocenters. The van der Waals surface area contributed by atoms with Gasteiger partial charge in [0, 0.05) is 10.0 Å². The summed E-state index contributed by atoms with van der Waals surface area (Å²) in [5, 5.41) is 8.41. The number of rotatable bonds is 1. The molecule has 12 heavy (non-hydrogen) atoms. The number of nitrogens with zero attached hydrogens (tertiary/aromatic N) is 1. The molecule has 1 aromatic rings. The Bertz CT molecular complexity index is 370. The lowest BCUT2D eigenvalue weighted by Crippen LogP contribution is -1.89. The first kappa shape index (κ1) is 8.88. The van der Waals surface area contributed by atoms with Crippen molar-refractivity contribution in [2.24, 2.45) is 0 Å². The Kier molecular flexibility index (Phi) is 2.56. The molecule has 0 heterocycles. The van der Waals surface area contributed by atoms with Crippen molar-refractivity contribution in [3.8, 4) is 6.07 Å². The molecule has 0 unspecified atom stereocenters. The minimum absolute atomic E-state index is 0.125.